The molecule has 0 amide bonds. The van der Waals surface area contributed by atoms with Crippen LogP contribution < -0.4 is 11.6 Å². The Kier molecular flexibility index (Phi) is 8.65. The zero-order chi connectivity index (χ0) is 18.1. The lowest BCUT2D eigenvalue weighted by molar-refractivity contribution is -0.143. The number of carbonyl (C=O) groups excluding carboxylic acids is 1. The second kappa shape index (κ2) is 10.2. The zero-order valence-electron chi connectivity index (χ0n) is 14.7. The van der Waals surface area contributed by atoms with Gasteiger partial charge in [0, 0.05) is 24.8 Å². The summed E-state index contributed by atoms with van der Waals surface area (Å²) in [5, 5.41) is 1.42. The van der Waals surface area contributed by atoms with E-state index in [1.807, 2.05) is 26.0 Å². The number of benzene rings is 1. The minimum Gasteiger partial charge on any atom is -0.466 e. The lowest BCUT2D eigenvalue weighted by Gasteiger charge is -2.19. The highest BCUT2D eigenvalue weighted by Crippen LogP contribution is 2.28. The normalized spacial score (nSPS) is 12.8. The number of alkyl halides is 1. The average molecular weight is 354 g/mol. The molecule has 0 radical (unpaired) electrons. The first-order valence-corrected chi connectivity index (χ1v) is 8.65. The van der Waals surface area contributed by atoms with Gasteiger partial charge in [-0.2, -0.15) is 0 Å². The number of carbonyl (C=O) groups is 1. The standard InChI is InChI=1S/C18H28ClN3O2/c1-4-24-18(23)10-15(7-8-17(20)12-22(3)21)14-6-5-13(2)16(9-14)11-19/h5-6,9,12,15H,4,7-8,10-11,20-21H2,1-3H3/b17-12-. The van der Waals surface area contributed by atoms with Crippen LogP contribution in [0.5, 0.6) is 0 Å². The molecule has 0 aromatic heterocycles. The molecule has 134 valence electrons. The lowest BCUT2D eigenvalue weighted by atomic mass is 9.89. The van der Waals surface area contributed by atoms with Gasteiger partial charge in [0.1, 0.15) is 0 Å². The van der Waals surface area contributed by atoms with E-state index in [9.17, 15) is 4.79 Å². The van der Waals surface area contributed by atoms with Crippen LogP contribution in [-0.2, 0) is 15.4 Å². The number of hydrogen-bond acceptors (Lipinski definition) is 5. The van der Waals surface area contributed by atoms with E-state index in [2.05, 4.69) is 6.07 Å². The Bertz CT molecular complexity index is 573. The third-order valence-corrected chi connectivity index (χ3v) is 4.15. The SMILES string of the molecule is CCOC(=O)CC(CC/C(N)=C/N(C)N)c1ccc(C)c(CCl)c1. The van der Waals surface area contributed by atoms with Crippen molar-refractivity contribution in [2.75, 3.05) is 13.7 Å². The molecule has 0 aliphatic heterocycles. The van der Waals surface area contributed by atoms with Crippen molar-refractivity contribution in [1.82, 2.24) is 5.01 Å². The Morgan fingerprint density at radius 2 is 2.17 bits per heavy atom. The maximum atomic E-state index is 11.9. The molecule has 24 heavy (non-hydrogen) atoms. The van der Waals surface area contributed by atoms with Crippen molar-refractivity contribution in [3.63, 3.8) is 0 Å². The summed E-state index contributed by atoms with van der Waals surface area (Å²) in [4.78, 5) is 11.9. The Labute approximate surface area is 149 Å². The third kappa shape index (κ3) is 6.81. The molecule has 1 aromatic carbocycles. The number of hydrazine groups is 1. The molecule has 0 saturated heterocycles. The van der Waals surface area contributed by atoms with Gasteiger partial charge in [-0.3, -0.25) is 4.79 Å². The largest absolute Gasteiger partial charge is 0.466 e. The third-order valence-electron chi connectivity index (χ3n) is 3.86. The highest BCUT2D eigenvalue weighted by Gasteiger charge is 2.18. The maximum Gasteiger partial charge on any atom is 0.306 e. The van der Waals surface area contributed by atoms with Gasteiger partial charge >= 0.3 is 5.97 Å². The molecule has 1 aromatic rings. The first kappa shape index (κ1) is 20.3. The summed E-state index contributed by atoms with van der Waals surface area (Å²) >= 11 is 6.01. The number of hydrogen-bond donors (Lipinski definition) is 2. The summed E-state index contributed by atoms with van der Waals surface area (Å²) in [7, 11) is 1.72. The quantitative estimate of drug-likeness (QED) is 0.308. The van der Waals surface area contributed by atoms with E-state index >= 15 is 0 Å². The monoisotopic (exact) mass is 353 g/mol. The van der Waals surface area contributed by atoms with Gasteiger partial charge in [0.15, 0.2) is 0 Å². The summed E-state index contributed by atoms with van der Waals surface area (Å²) in [6.45, 7) is 4.22. The van der Waals surface area contributed by atoms with Gasteiger partial charge in [0.2, 0.25) is 0 Å². The van der Waals surface area contributed by atoms with Crippen LogP contribution in [-0.4, -0.2) is 24.6 Å². The topological polar surface area (TPSA) is 81.6 Å². The van der Waals surface area contributed by atoms with Crippen LogP contribution in [0.15, 0.2) is 30.1 Å². The zero-order valence-corrected chi connectivity index (χ0v) is 15.5. The Morgan fingerprint density at radius 3 is 2.75 bits per heavy atom. The predicted octanol–water partition coefficient (Wildman–Crippen LogP) is 3.16. The van der Waals surface area contributed by atoms with Crippen molar-refractivity contribution in [2.45, 2.75) is 44.9 Å². The minimum atomic E-state index is -0.200. The van der Waals surface area contributed by atoms with Crippen LogP contribution in [0.25, 0.3) is 0 Å². The maximum absolute atomic E-state index is 11.9. The molecule has 0 spiro atoms. The summed E-state index contributed by atoms with van der Waals surface area (Å²) in [5.74, 6) is 5.85. The van der Waals surface area contributed by atoms with Gasteiger partial charge in [-0.15, -0.1) is 11.6 Å². The number of nitrogens with two attached hydrogens (primary N) is 2. The van der Waals surface area contributed by atoms with Gasteiger partial charge in [0.25, 0.3) is 0 Å². The number of allylic oxidation sites excluding steroid dienone is 1. The van der Waals surface area contributed by atoms with Crippen LogP contribution in [0.3, 0.4) is 0 Å². The van der Waals surface area contributed by atoms with Crippen molar-refractivity contribution in [1.29, 1.82) is 0 Å². The van der Waals surface area contributed by atoms with E-state index in [4.69, 9.17) is 27.9 Å². The van der Waals surface area contributed by atoms with E-state index in [0.29, 0.717) is 31.0 Å². The van der Waals surface area contributed by atoms with Crippen molar-refractivity contribution in [2.24, 2.45) is 11.6 Å². The molecule has 1 atom stereocenters. The van der Waals surface area contributed by atoms with E-state index in [1.54, 1.807) is 13.2 Å². The van der Waals surface area contributed by atoms with E-state index in [-0.39, 0.29) is 11.9 Å². The van der Waals surface area contributed by atoms with Crippen molar-refractivity contribution in [3.8, 4) is 0 Å². The minimum absolute atomic E-state index is 0.0293. The lowest BCUT2D eigenvalue weighted by Crippen LogP contribution is -2.21. The second-order valence-corrected chi connectivity index (χ2v) is 6.20. The number of rotatable bonds is 9. The van der Waals surface area contributed by atoms with Crippen molar-refractivity contribution < 1.29 is 9.53 Å². The number of aryl methyl sites for hydroxylation is 1. The summed E-state index contributed by atoms with van der Waals surface area (Å²) in [6.07, 6.45) is 3.39. The molecule has 0 aliphatic rings. The van der Waals surface area contributed by atoms with Crippen LogP contribution >= 0.6 is 11.6 Å². The fourth-order valence-corrected chi connectivity index (χ4v) is 2.85. The molecule has 6 heteroatoms. The van der Waals surface area contributed by atoms with Crippen molar-refractivity contribution in [3.05, 3.63) is 46.8 Å². The first-order chi connectivity index (χ1) is 11.4. The molecular formula is C18H28ClN3O2. The summed E-state index contributed by atoms with van der Waals surface area (Å²) < 4.78 is 5.11. The molecule has 0 aliphatic carbocycles. The molecule has 0 saturated carbocycles. The molecule has 1 unspecified atom stereocenters. The Hall–Kier alpha value is -1.72. The van der Waals surface area contributed by atoms with Crippen LogP contribution in [0.4, 0.5) is 0 Å². The van der Waals surface area contributed by atoms with Crippen LogP contribution in [0, 0.1) is 6.92 Å². The second-order valence-electron chi connectivity index (χ2n) is 5.93. The molecule has 4 N–H and O–H groups in total. The molecule has 0 fully saturated rings. The highest BCUT2D eigenvalue weighted by molar-refractivity contribution is 6.17. The summed E-state index contributed by atoms with van der Waals surface area (Å²) in [5.41, 5.74) is 9.96. The number of nitrogens with zero attached hydrogens (tertiary/aromatic N) is 1. The first-order valence-electron chi connectivity index (χ1n) is 8.12. The van der Waals surface area contributed by atoms with Gasteiger partial charge in [0.05, 0.1) is 13.0 Å². The average Bonchev–Trinajstić information content (AvgIpc) is 2.51. The molecule has 0 heterocycles. The number of esters is 1. The molecule has 5 nitrogen and oxygen atoms in total. The Morgan fingerprint density at radius 1 is 1.46 bits per heavy atom. The Balaban J connectivity index is 2.94. The van der Waals surface area contributed by atoms with Gasteiger partial charge in [-0.1, -0.05) is 18.2 Å². The fourth-order valence-electron chi connectivity index (χ4n) is 2.56. The van der Waals surface area contributed by atoms with E-state index in [1.165, 1.54) is 5.01 Å². The molecule has 1 rings (SSSR count). The summed E-state index contributed by atoms with van der Waals surface area (Å²) in [6, 6.07) is 6.16. The van der Waals surface area contributed by atoms with Gasteiger partial charge in [-0.05, 0) is 49.3 Å². The highest BCUT2D eigenvalue weighted by atomic mass is 35.5. The molecular weight excluding hydrogens is 326 g/mol. The van der Waals surface area contributed by atoms with Gasteiger partial charge in [-0.25, -0.2) is 5.84 Å². The fraction of sp³-hybridized carbons (Fsp3) is 0.500. The van der Waals surface area contributed by atoms with E-state index < -0.39 is 0 Å². The number of ether oxygens (including phenoxy) is 1. The van der Waals surface area contributed by atoms with Crippen LogP contribution in [0.1, 0.15) is 48.8 Å². The number of halogens is 1. The smallest absolute Gasteiger partial charge is 0.306 e. The van der Waals surface area contributed by atoms with Crippen LogP contribution in [0.2, 0.25) is 0 Å². The van der Waals surface area contributed by atoms with E-state index in [0.717, 1.165) is 23.1 Å². The van der Waals surface area contributed by atoms with Crippen molar-refractivity contribution >= 4 is 17.6 Å². The van der Waals surface area contributed by atoms with Gasteiger partial charge < -0.3 is 15.5 Å². The predicted molar refractivity (Wildman–Crippen MR) is 98.2 cm³/mol. The molecule has 0 bridgehead atoms.